The second-order valence-corrected chi connectivity index (χ2v) is 6.07. The normalized spacial score (nSPS) is 10.4. The van der Waals surface area contributed by atoms with Crippen molar-refractivity contribution in [3.05, 3.63) is 83.7 Å². The molecule has 1 heterocycles. The molecule has 7 heteroatoms. The van der Waals surface area contributed by atoms with E-state index in [1.54, 1.807) is 13.2 Å². The molecule has 0 saturated heterocycles. The van der Waals surface area contributed by atoms with Crippen molar-refractivity contribution in [1.29, 1.82) is 0 Å². The van der Waals surface area contributed by atoms with E-state index in [4.69, 9.17) is 4.74 Å². The Morgan fingerprint density at radius 2 is 1.89 bits per heavy atom. The largest absolute Gasteiger partial charge is 0.497 e. The molecule has 5 nitrogen and oxygen atoms in total. The number of pyridine rings is 1. The number of ether oxygens (including phenoxy) is 1. The van der Waals surface area contributed by atoms with E-state index in [0.717, 1.165) is 23.4 Å². The van der Waals surface area contributed by atoms with E-state index in [2.05, 4.69) is 15.6 Å². The van der Waals surface area contributed by atoms with Crippen LogP contribution in [0, 0.1) is 11.6 Å². The lowest BCUT2D eigenvalue weighted by atomic mass is 10.1. The first-order valence-corrected chi connectivity index (χ1v) is 8.63. The van der Waals surface area contributed by atoms with Gasteiger partial charge in [0.1, 0.15) is 5.75 Å². The molecule has 3 rings (SSSR count). The average Bonchev–Trinajstić information content (AvgIpc) is 2.71. The van der Waals surface area contributed by atoms with Crippen molar-refractivity contribution in [2.24, 2.45) is 0 Å². The number of rotatable bonds is 7. The van der Waals surface area contributed by atoms with Gasteiger partial charge in [-0.2, -0.15) is 0 Å². The molecule has 144 valence electrons. The summed E-state index contributed by atoms with van der Waals surface area (Å²) in [6.07, 6.45) is 3.59. The fraction of sp³-hybridized carbons (Fsp3) is 0.143. The van der Waals surface area contributed by atoms with Crippen molar-refractivity contribution in [2.45, 2.75) is 6.42 Å². The van der Waals surface area contributed by atoms with Crippen LogP contribution in [0.1, 0.15) is 15.9 Å². The van der Waals surface area contributed by atoms with Gasteiger partial charge in [-0.15, -0.1) is 0 Å². The first kappa shape index (κ1) is 19.3. The molecule has 28 heavy (non-hydrogen) atoms. The third-order valence-corrected chi connectivity index (χ3v) is 4.04. The second kappa shape index (κ2) is 8.94. The lowest BCUT2D eigenvalue weighted by molar-refractivity contribution is 0.0954. The number of aromatic nitrogens is 1. The first-order valence-electron chi connectivity index (χ1n) is 8.63. The molecule has 0 radical (unpaired) electrons. The Morgan fingerprint density at radius 3 is 2.68 bits per heavy atom. The van der Waals surface area contributed by atoms with Crippen molar-refractivity contribution in [2.75, 3.05) is 19.0 Å². The van der Waals surface area contributed by atoms with Crippen LogP contribution >= 0.6 is 0 Å². The maximum atomic E-state index is 13.3. The van der Waals surface area contributed by atoms with Gasteiger partial charge < -0.3 is 15.4 Å². The Hall–Kier alpha value is -3.48. The van der Waals surface area contributed by atoms with Crippen molar-refractivity contribution in [3.8, 4) is 5.75 Å². The van der Waals surface area contributed by atoms with Crippen LogP contribution in [0.15, 0.2) is 60.9 Å². The van der Waals surface area contributed by atoms with Gasteiger partial charge in [-0.25, -0.2) is 8.78 Å². The molecular formula is C21H19F2N3O2. The quantitative estimate of drug-likeness (QED) is 0.645. The van der Waals surface area contributed by atoms with Gasteiger partial charge in [-0.3, -0.25) is 9.78 Å². The zero-order valence-corrected chi connectivity index (χ0v) is 15.2. The molecule has 2 N–H and O–H groups in total. The summed E-state index contributed by atoms with van der Waals surface area (Å²) >= 11 is 0. The summed E-state index contributed by atoms with van der Waals surface area (Å²) in [6.45, 7) is 0.451. The van der Waals surface area contributed by atoms with Crippen molar-refractivity contribution in [3.63, 3.8) is 0 Å². The topological polar surface area (TPSA) is 63.2 Å². The van der Waals surface area contributed by atoms with Gasteiger partial charge in [0, 0.05) is 24.5 Å². The van der Waals surface area contributed by atoms with Crippen molar-refractivity contribution < 1.29 is 18.3 Å². The van der Waals surface area contributed by atoms with Gasteiger partial charge in [0.15, 0.2) is 11.6 Å². The molecular weight excluding hydrogens is 364 g/mol. The molecule has 0 aliphatic carbocycles. The highest BCUT2D eigenvalue weighted by atomic mass is 19.2. The third-order valence-electron chi connectivity index (χ3n) is 4.04. The molecule has 0 unspecified atom stereocenters. The van der Waals surface area contributed by atoms with E-state index in [1.807, 2.05) is 24.3 Å². The van der Waals surface area contributed by atoms with Crippen LogP contribution in [-0.4, -0.2) is 24.5 Å². The Labute approximate surface area is 161 Å². The minimum Gasteiger partial charge on any atom is -0.497 e. The zero-order valence-electron chi connectivity index (χ0n) is 15.2. The molecule has 1 amide bonds. The highest BCUT2D eigenvalue weighted by Crippen LogP contribution is 2.19. The smallest absolute Gasteiger partial charge is 0.252 e. The van der Waals surface area contributed by atoms with Crippen molar-refractivity contribution >= 4 is 17.3 Å². The van der Waals surface area contributed by atoms with E-state index in [-0.39, 0.29) is 5.91 Å². The Bertz CT molecular complexity index is 979. The average molecular weight is 383 g/mol. The fourth-order valence-electron chi connectivity index (χ4n) is 2.62. The summed E-state index contributed by atoms with van der Waals surface area (Å²) in [4.78, 5) is 16.4. The van der Waals surface area contributed by atoms with Crippen LogP contribution in [-0.2, 0) is 6.42 Å². The molecule has 0 aliphatic rings. The molecule has 1 aromatic heterocycles. The number of hydrogen-bond acceptors (Lipinski definition) is 4. The van der Waals surface area contributed by atoms with Gasteiger partial charge in [-0.1, -0.05) is 12.1 Å². The number of amides is 1. The predicted octanol–water partition coefficient (Wildman–Crippen LogP) is 4.08. The monoisotopic (exact) mass is 383 g/mol. The van der Waals surface area contributed by atoms with E-state index >= 15 is 0 Å². The zero-order chi connectivity index (χ0) is 19.9. The summed E-state index contributed by atoms with van der Waals surface area (Å²) in [5.74, 6) is -1.38. The lowest BCUT2D eigenvalue weighted by Crippen LogP contribution is -2.25. The van der Waals surface area contributed by atoms with Crippen LogP contribution in [0.25, 0.3) is 0 Å². The summed E-state index contributed by atoms with van der Waals surface area (Å²) in [5.41, 5.74) is 2.26. The molecule has 0 saturated carbocycles. The third kappa shape index (κ3) is 5.03. The van der Waals surface area contributed by atoms with Gasteiger partial charge >= 0.3 is 0 Å². The fourth-order valence-corrected chi connectivity index (χ4v) is 2.62. The number of anilines is 2. The summed E-state index contributed by atoms with van der Waals surface area (Å²) < 4.78 is 31.5. The number of nitrogens with zero attached hydrogens (tertiary/aromatic N) is 1. The van der Waals surface area contributed by atoms with Crippen LogP contribution in [0.5, 0.6) is 5.75 Å². The van der Waals surface area contributed by atoms with Crippen LogP contribution in [0.3, 0.4) is 0 Å². The van der Waals surface area contributed by atoms with Gasteiger partial charge in [-0.05, 0) is 42.3 Å². The highest BCUT2D eigenvalue weighted by Gasteiger charge is 2.08. The minimum atomic E-state index is -0.954. The van der Waals surface area contributed by atoms with Gasteiger partial charge in [0.2, 0.25) is 0 Å². The number of hydrogen-bond donors (Lipinski definition) is 2. The molecule has 0 fully saturated rings. The highest BCUT2D eigenvalue weighted by molar-refractivity contribution is 5.94. The number of methoxy groups -OCH3 is 1. The Morgan fingerprint density at radius 1 is 1.04 bits per heavy atom. The van der Waals surface area contributed by atoms with Crippen molar-refractivity contribution in [1.82, 2.24) is 10.3 Å². The molecule has 0 spiro atoms. The molecule has 3 aromatic rings. The van der Waals surface area contributed by atoms with Gasteiger partial charge in [0.05, 0.1) is 24.6 Å². The number of halogens is 2. The summed E-state index contributed by atoms with van der Waals surface area (Å²) in [5, 5.41) is 5.73. The van der Waals surface area contributed by atoms with E-state index in [1.165, 1.54) is 18.5 Å². The first-order chi connectivity index (χ1) is 13.5. The summed E-state index contributed by atoms with van der Waals surface area (Å²) in [7, 11) is 1.61. The van der Waals surface area contributed by atoms with Crippen LogP contribution < -0.4 is 15.4 Å². The maximum Gasteiger partial charge on any atom is 0.252 e. The number of carbonyl (C=O) groups excluding carboxylic acids is 1. The van der Waals surface area contributed by atoms with E-state index in [0.29, 0.717) is 29.9 Å². The Balaban J connectivity index is 1.59. The van der Waals surface area contributed by atoms with Crippen LogP contribution in [0.2, 0.25) is 0 Å². The second-order valence-electron chi connectivity index (χ2n) is 6.07. The minimum absolute atomic E-state index is 0.274. The number of carbonyl (C=O) groups is 1. The van der Waals surface area contributed by atoms with Crippen LogP contribution in [0.4, 0.5) is 20.2 Å². The molecule has 2 aromatic carbocycles. The number of nitrogens with one attached hydrogen (secondary N) is 2. The lowest BCUT2D eigenvalue weighted by Gasteiger charge is -2.09. The SMILES string of the molecule is COc1cccc(CCNC(=O)c2cncc(Nc3ccc(F)c(F)c3)c2)c1. The van der Waals surface area contributed by atoms with Gasteiger partial charge in [0.25, 0.3) is 5.91 Å². The van der Waals surface area contributed by atoms with E-state index < -0.39 is 11.6 Å². The standard InChI is InChI=1S/C21H19F2N3O2/c1-28-18-4-2-3-14(9-18)7-8-25-21(27)15-10-17(13-24-12-15)26-16-5-6-19(22)20(23)11-16/h2-6,9-13,26H,7-8H2,1H3,(H,25,27). The number of benzene rings is 2. The molecule has 0 atom stereocenters. The maximum absolute atomic E-state index is 13.3. The molecule has 0 bridgehead atoms. The summed E-state index contributed by atoms with van der Waals surface area (Å²) in [6, 6.07) is 12.7. The molecule has 0 aliphatic heterocycles. The van der Waals surface area contributed by atoms with E-state index in [9.17, 15) is 13.6 Å². The Kier molecular flexibility index (Phi) is 6.16. The predicted molar refractivity (Wildman–Crippen MR) is 103 cm³/mol.